The van der Waals surface area contributed by atoms with Crippen LogP contribution in [0.3, 0.4) is 0 Å². The molecule has 2 rings (SSSR count). The van der Waals surface area contributed by atoms with Crippen molar-refractivity contribution in [3.8, 4) is 0 Å². The minimum Gasteiger partial charge on any atom is -0.382 e. The summed E-state index contributed by atoms with van der Waals surface area (Å²) in [5.74, 6) is -2.59. The highest BCUT2D eigenvalue weighted by Crippen LogP contribution is 2.29. The van der Waals surface area contributed by atoms with Gasteiger partial charge in [0.05, 0.1) is 5.56 Å². The molecule has 0 amide bonds. The average molecular weight is 497 g/mol. The van der Waals surface area contributed by atoms with E-state index in [0.717, 1.165) is 23.5 Å². The lowest BCUT2D eigenvalue weighted by Gasteiger charge is -2.02. The molecule has 0 aliphatic carbocycles. The normalized spacial score (nSPS) is 11.1. The number of allylic oxidation sites excluding steroid dienone is 1. The maximum absolute atomic E-state index is 13.8. The Morgan fingerprint density at radius 1 is 1.26 bits per heavy atom. The summed E-state index contributed by atoms with van der Waals surface area (Å²) in [4.78, 5) is 32.6. The lowest BCUT2D eigenvalue weighted by Crippen LogP contribution is -2.15. The Bertz CT molecular complexity index is 951. The van der Waals surface area contributed by atoms with Crippen LogP contribution >= 0.6 is 11.3 Å². The second kappa shape index (κ2) is 16.6. The number of carbonyl (C=O) groups excluding carboxylic acids is 2. The Morgan fingerprint density at radius 2 is 1.79 bits per heavy atom. The summed E-state index contributed by atoms with van der Waals surface area (Å²) >= 11 is 0.848. The molecular weight excluding hydrogens is 462 g/mol. The lowest BCUT2D eigenvalue weighted by molar-refractivity contribution is -0.106. The molecule has 8 nitrogen and oxygen atoms in total. The third kappa shape index (κ3) is 11.7. The molecule has 0 bridgehead atoms. The molecule has 188 valence electrons. The van der Waals surface area contributed by atoms with Crippen LogP contribution in [-0.2, 0) is 4.79 Å². The predicted octanol–water partition coefficient (Wildman–Crippen LogP) is 3.96. The zero-order chi connectivity index (χ0) is 26.3. The number of nitrogen functional groups attached to an aromatic ring is 1. The highest BCUT2D eigenvalue weighted by molar-refractivity contribution is 7.18. The van der Waals surface area contributed by atoms with Crippen molar-refractivity contribution in [2.75, 3.05) is 39.2 Å². The quantitative estimate of drug-likeness (QED) is 0.288. The number of hydrogen-bond donors (Lipinski definition) is 3. The Hall–Kier alpha value is -3.02. The van der Waals surface area contributed by atoms with Crippen molar-refractivity contribution in [3.05, 3.63) is 52.2 Å². The number of aliphatic imine (C=N–C) groups is 1. The summed E-state index contributed by atoms with van der Waals surface area (Å²) < 4.78 is 27.5. The molecule has 0 aliphatic heterocycles. The van der Waals surface area contributed by atoms with E-state index in [-0.39, 0.29) is 22.2 Å². The van der Waals surface area contributed by atoms with Crippen LogP contribution in [0.4, 0.5) is 19.7 Å². The first kappa shape index (κ1) is 31.0. The number of anilines is 2. The molecule has 0 saturated carbocycles. The fourth-order valence-electron chi connectivity index (χ4n) is 1.86. The first-order chi connectivity index (χ1) is 16.0. The van der Waals surface area contributed by atoms with Gasteiger partial charge in [0.1, 0.15) is 34.4 Å². The third-order valence-electron chi connectivity index (χ3n) is 3.57. The van der Waals surface area contributed by atoms with Crippen LogP contribution in [0.2, 0.25) is 0 Å². The zero-order valence-electron chi connectivity index (χ0n) is 20.6. The van der Waals surface area contributed by atoms with E-state index in [4.69, 9.17) is 5.73 Å². The molecule has 4 N–H and O–H groups in total. The Labute approximate surface area is 204 Å². The summed E-state index contributed by atoms with van der Waals surface area (Å²) in [7, 11) is 7.95. The van der Waals surface area contributed by atoms with Crippen LogP contribution in [0.25, 0.3) is 0 Å². The molecular formula is C23H34F2N6O2S. The van der Waals surface area contributed by atoms with Crippen molar-refractivity contribution in [1.82, 2.24) is 15.2 Å². The van der Waals surface area contributed by atoms with Crippen molar-refractivity contribution < 1.29 is 18.4 Å². The number of aromatic nitrogens is 1. The molecule has 34 heavy (non-hydrogen) atoms. The van der Waals surface area contributed by atoms with Crippen molar-refractivity contribution in [2.45, 2.75) is 33.2 Å². The minimum absolute atomic E-state index is 0.0844. The van der Waals surface area contributed by atoms with Crippen LogP contribution in [0.1, 0.15) is 42.4 Å². The van der Waals surface area contributed by atoms with E-state index >= 15 is 0 Å². The van der Waals surface area contributed by atoms with E-state index in [2.05, 4.69) is 34.5 Å². The van der Waals surface area contributed by atoms with Crippen LogP contribution in [-0.4, -0.2) is 62.4 Å². The number of aldehydes is 1. The zero-order valence-corrected chi connectivity index (χ0v) is 21.5. The number of halogens is 2. The van der Waals surface area contributed by atoms with Crippen molar-refractivity contribution in [1.29, 1.82) is 0 Å². The number of hydrogen-bond acceptors (Lipinski definition) is 9. The molecule has 2 aromatic rings. The molecule has 11 heteroatoms. The average Bonchev–Trinajstić information content (AvgIpc) is 3.13. The molecule has 0 aliphatic rings. The van der Waals surface area contributed by atoms with Gasteiger partial charge >= 0.3 is 0 Å². The van der Waals surface area contributed by atoms with Gasteiger partial charge in [-0.15, -0.1) is 0 Å². The highest BCUT2D eigenvalue weighted by Gasteiger charge is 2.24. The van der Waals surface area contributed by atoms with E-state index < -0.39 is 23.0 Å². The van der Waals surface area contributed by atoms with Gasteiger partial charge in [0, 0.05) is 18.7 Å². The molecule has 0 atom stereocenters. The van der Waals surface area contributed by atoms with E-state index in [1.165, 1.54) is 12.3 Å². The first-order valence-electron chi connectivity index (χ1n) is 10.4. The Balaban J connectivity index is 0.00000103. The van der Waals surface area contributed by atoms with Gasteiger partial charge in [-0.1, -0.05) is 31.3 Å². The molecule has 1 heterocycles. The smallest absolute Gasteiger partial charge is 0.212 e. The van der Waals surface area contributed by atoms with Crippen molar-refractivity contribution >= 4 is 40.6 Å². The van der Waals surface area contributed by atoms with Gasteiger partial charge in [-0.25, -0.2) is 18.8 Å². The minimum atomic E-state index is -0.972. The second-order valence-electron chi connectivity index (χ2n) is 7.46. The number of thiazole rings is 1. The molecule has 0 saturated heterocycles. The van der Waals surface area contributed by atoms with E-state index in [1.54, 1.807) is 13.0 Å². The van der Waals surface area contributed by atoms with Crippen molar-refractivity contribution in [2.24, 2.45) is 4.99 Å². The van der Waals surface area contributed by atoms with Gasteiger partial charge in [-0.05, 0) is 53.3 Å². The molecule has 0 fully saturated rings. The number of rotatable bonds is 8. The molecule has 0 unspecified atom stereocenters. The predicted molar refractivity (Wildman–Crippen MR) is 137 cm³/mol. The molecule has 0 radical (unpaired) electrons. The van der Waals surface area contributed by atoms with Gasteiger partial charge < -0.3 is 26.1 Å². The fourth-order valence-corrected chi connectivity index (χ4v) is 2.70. The Kier molecular flexibility index (Phi) is 15.1. The van der Waals surface area contributed by atoms with Gasteiger partial charge in [0.2, 0.25) is 5.78 Å². The number of nitrogens with zero attached hydrogens (tertiary/aromatic N) is 3. The first-order valence-corrected chi connectivity index (χ1v) is 11.2. The van der Waals surface area contributed by atoms with Gasteiger partial charge in [0.15, 0.2) is 5.13 Å². The summed E-state index contributed by atoms with van der Waals surface area (Å²) in [6.07, 6.45) is 3.86. The summed E-state index contributed by atoms with van der Waals surface area (Å²) in [6, 6.07) is 3.79. The molecule has 0 spiro atoms. The van der Waals surface area contributed by atoms with Gasteiger partial charge in [-0.3, -0.25) is 4.79 Å². The number of benzene rings is 1. The second-order valence-corrected chi connectivity index (χ2v) is 8.46. The van der Waals surface area contributed by atoms with Crippen LogP contribution in [0.5, 0.6) is 0 Å². The third-order valence-corrected chi connectivity index (χ3v) is 4.55. The van der Waals surface area contributed by atoms with Crippen LogP contribution in [0, 0.1) is 11.6 Å². The summed E-state index contributed by atoms with van der Waals surface area (Å²) in [5, 5.41) is 6.08. The number of carbonyl (C=O) groups is 2. The van der Waals surface area contributed by atoms with Gasteiger partial charge in [-0.2, -0.15) is 0 Å². The summed E-state index contributed by atoms with van der Waals surface area (Å²) in [6.45, 7) is 5.93. The monoisotopic (exact) mass is 496 g/mol. The van der Waals surface area contributed by atoms with Crippen LogP contribution < -0.4 is 16.4 Å². The van der Waals surface area contributed by atoms with Crippen LogP contribution in [0.15, 0.2) is 35.1 Å². The maximum atomic E-state index is 13.8. The topological polar surface area (TPSA) is 113 Å². The largest absolute Gasteiger partial charge is 0.382 e. The Morgan fingerprint density at radius 3 is 2.24 bits per heavy atom. The number of nitrogens with one attached hydrogen (secondary N) is 2. The maximum Gasteiger partial charge on any atom is 0.212 e. The van der Waals surface area contributed by atoms with Gasteiger partial charge in [0.25, 0.3) is 0 Å². The molecule has 1 aromatic carbocycles. The van der Waals surface area contributed by atoms with E-state index in [0.29, 0.717) is 18.1 Å². The fraction of sp³-hybridized carbons (Fsp3) is 0.391. The lowest BCUT2D eigenvalue weighted by atomic mass is 10.1. The number of nitrogens with two attached hydrogens (primary N) is 1. The standard InChI is InChI=1S/C16H14F2N4O2S.C4H11N.C3H9N/c1-2-11(20-7-4-8-23)21-16-22-15(19)14(25-16)13(24)12-9(17)5-3-6-10(12)18;1-4(2)5-3;1-4(2)3/h2-3,5-8H,4,19H2,1H3,(H,21,22);4-5H,1-3H3;1-3H3/b11-2+,20-7-;;. The summed E-state index contributed by atoms with van der Waals surface area (Å²) in [5.41, 5.74) is 5.03. The van der Waals surface area contributed by atoms with E-state index in [1.807, 2.05) is 33.1 Å². The SMILES string of the molecule is C/C=C(\N=C/CC=O)Nc1nc(N)c(C(=O)c2c(F)cccc2F)s1.CN(C)C.CNC(C)C. The number of ketones is 1. The van der Waals surface area contributed by atoms with Crippen molar-refractivity contribution in [3.63, 3.8) is 0 Å². The molecule has 1 aromatic heterocycles. The van der Waals surface area contributed by atoms with E-state index in [9.17, 15) is 18.4 Å². The highest BCUT2D eigenvalue weighted by atomic mass is 32.1.